The lowest BCUT2D eigenvalue weighted by molar-refractivity contribution is -0.123. The van der Waals surface area contributed by atoms with Gasteiger partial charge in [-0.1, -0.05) is 50.6 Å². The monoisotopic (exact) mass is 397 g/mol. The van der Waals surface area contributed by atoms with Crippen LogP contribution in [0.2, 0.25) is 5.02 Å². The quantitative estimate of drug-likeness (QED) is 0.667. The third-order valence-corrected chi connectivity index (χ3v) is 4.82. The van der Waals surface area contributed by atoms with E-state index in [2.05, 4.69) is 10.6 Å². The minimum Gasteiger partial charge on any atom is -0.347 e. The number of hydrogen-bond donors (Lipinski definition) is 2. The average Bonchev–Trinajstić information content (AvgIpc) is 2.96. The van der Waals surface area contributed by atoms with Crippen molar-refractivity contribution in [2.45, 2.75) is 27.3 Å². The van der Waals surface area contributed by atoms with Crippen LogP contribution in [-0.2, 0) is 18.4 Å². The number of anilines is 1. The Bertz CT molecular complexity index is 1030. The molecule has 0 bridgehead atoms. The van der Waals surface area contributed by atoms with Gasteiger partial charge in [-0.05, 0) is 35.9 Å². The van der Waals surface area contributed by atoms with E-state index >= 15 is 0 Å². The third-order valence-electron chi connectivity index (χ3n) is 4.59. The van der Waals surface area contributed by atoms with Crippen molar-refractivity contribution in [3.8, 4) is 0 Å². The zero-order valence-corrected chi connectivity index (χ0v) is 17.2. The summed E-state index contributed by atoms with van der Waals surface area (Å²) in [5.74, 6) is -0.190. The molecule has 0 radical (unpaired) electrons. The lowest BCUT2D eigenvalue weighted by atomic mass is 9.95. The molecule has 2 aromatic carbocycles. The number of carbonyl (C=O) groups is 2. The van der Waals surface area contributed by atoms with Gasteiger partial charge in [0.25, 0.3) is 5.91 Å². The normalized spacial score (nSPS) is 11.5. The second kappa shape index (κ2) is 7.68. The van der Waals surface area contributed by atoms with Gasteiger partial charge in [-0.2, -0.15) is 0 Å². The lowest BCUT2D eigenvalue weighted by Crippen LogP contribution is -2.27. The highest BCUT2D eigenvalue weighted by Crippen LogP contribution is 2.23. The summed E-state index contributed by atoms with van der Waals surface area (Å²) >= 11 is 6.05. The minimum atomic E-state index is -0.449. The summed E-state index contributed by atoms with van der Waals surface area (Å²) in [6.45, 7) is 6.00. The van der Waals surface area contributed by atoms with Crippen LogP contribution in [0.15, 0.2) is 48.5 Å². The molecular formula is C22H24ClN3O2. The minimum absolute atomic E-state index is 0.0376. The van der Waals surface area contributed by atoms with E-state index in [1.165, 1.54) is 0 Å². The highest BCUT2D eigenvalue weighted by Gasteiger charge is 2.21. The fraction of sp³-hybridized carbons (Fsp3) is 0.273. The number of amides is 2. The fourth-order valence-electron chi connectivity index (χ4n) is 2.82. The number of benzene rings is 2. The molecule has 0 unspecified atom stereocenters. The summed E-state index contributed by atoms with van der Waals surface area (Å²) in [4.78, 5) is 24.6. The van der Waals surface area contributed by atoms with Crippen molar-refractivity contribution < 1.29 is 9.59 Å². The molecule has 28 heavy (non-hydrogen) atoms. The second-order valence-corrected chi connectivity index (χ2v) is 8.31. The van der Waals surface area contributed by atoms with Crippen molar-refractivity contribution in [3.63, 3.8) is 0 Å². The largest absolute Gasteiger partial charge is 0.347 e. The molecule has 3 aromatic rings. The van der Waals surface area contributed by atoms with E-state index in [1.807, 2.05) is 80.9 Å². The topological polar surface area (TPSA) is 63.1 Å². The predicted octanol–water partition coefficient (Wildman–Crippen LogP) is 4.75. The molecule has 0 spiro atoms. The maximum Gasteiger partial charge on any atom is 0.268 e. The molecule has 0 aliphatic carbocycles. The molecule has 0 aliphatic rings. The Morgan fingerprint density at radius 3 is 2.36 bits per heavy atom. The van der Waals surface area contributed by atoms with Gasteiger partial charge < -0.3 is 15.2 Å². The van der Waals surface area contributed by atoms with Gasteiger partial charge in [0, 0.05) is 40.6 Å². The number of aromatic nitrogens is 1. The molecule has 0 fully saturated rings. The molecule has 5 nitrogen and oxygen atoms in total. The number of nitrogens with one attached hydrogen (secondary N) is 2. The van der Waals surface area contributed by atoms with Crippen LogP contribution in [0, 0.1) is 5.41 Å². The number of fused-ring (bicyclic) bond motifs is 1. The molecule has 3 rings (SSSR count). The average molecular weight is 398 g/mol. The van der Waals surface area contributed by atoms with Crippen LogP contribution in [0.1, 0.15) is 36.8 Å². The molecule has 0 saturated heterocycles. The SMILES string of the molecule is Cn1c(C(=O)NCc2ccc(NC(=O)C(C)(C)C)cc2)cc2ccc(Cl)cc21. The van der Waals surface area contributed by atoms with Gasteiger partial charge in [-0.3, -0.25) is 9.59 Å². The third kappa shape index (κ3) is 4.37. The first-order chi connectivity index (χ1) is 13.1. The molecule has 6 heteroatoms. The Morgan fingerprint density at radius 2 is 1.71 bits per heavy atom. The number of rotatable bonds is 4. The summed E-state index contributed by atoms with van der Waals surface area (Å²) in [6, 6.07) is 14.9. The van der Waals surface area contributed by atoms with E-state index in [0.29, 0.717) is 17.3 Å². The van der Waals surface area contributed by atoms with E-state index < -0.39 is 5.41 Å². The van der Waals surface area contributed by atoms with Crippen molar-refractivity contribution in [2.75, 3.05) is 5.32 Å². The van der Waals surface area contributed by atoms with Gasteiger partial charge >= 0.3 is 0 Å². The van der Waals surface area contributed by atoms with Crippen LogP contribution in [0.4, 0.5) is 5.69 Å². The van der Waals surface area contributed by atoms with Gasteiger partial charge in [0.15, 0.2) is 0 Å². The van der Waals surface area contributed by atoms with Crippen LogP contribution in [0.3, 0.4) is 0 Å². The molecule has 146 valence electrons. The van der Waals surface area contributed by atoms with Gasteiger partial charge in [0.05, 0.1) is 0 Å². The molecular weight excluding hydrogens is 374 g/mol. The Hall–Kier alpha value is -2.79. The molecule has 0 aliphatic heterocycles. The smallest absolute Gasteiger partial charge is 0.268 e. The standard InChI is InChI=1S/C22H24ClN3O2/c1-22(2,3)21(28)25-17-9-5-14(6-10-17)13-24-20(27)19-11-15-7-8-16(23)12-18(15)26(19)4/h5-12H,13H2,1-4H3,(H,24,27)(H,25,28). The first-order valence-electron chi connectivity index (χ1n) is 9.09. The Balaban J connectivity index is 1.65. The zero-order valence-electron chi connectivity index (χ0n) is 16.5. The van der Waals surface area contributed by atoms with Crippen LogP contribution < -0.4 is 10.6 Å². The van der Waals surface area contributed by atoms with E-state index in [-0.39, 0.29) is 11.8 Å². The summed E-state index contributed by atoms with van der Waals surface area (Å²) in [6.07, 6.45) is 0. The molecule has 1 heterocycles. The zero-order chi connectivity index (χ0) is 20.5. The molecule has 2 N–H and O–H groups in total. The van der Waals surface area contributed by atoms with E-state index in [4.69, 9.17) is 11.6 Å². The number of hydrogen-bond acceptors (Lipinski definition) is 2. The lowest BCUT2D eigenvalue weighted by Gasteiger charge is -2.17. The highest BCUT2D eigenvalue weighted by molar-refractivity contribution is 6.31. The van der Waals surface area contributed by atoms with E-state index in [9.17, 15) is 9.59 Å². The Morgan fingerprint density at radius 1 is 1.04 bits per heavy atom. The molecule has 1 aromatic heterocycles. The highest BCUT2D eigenvalue weighted by atomic mass is 35.5. The van der Waals surface area contributed by atoms with Crippen LogP contribution >= 0.6 is 11.6 Å². The fourth-order valence-corrected chi connectivity index (χ4v) is 2.98. The molecule has 0 atom stereocenters. The summed E-state index contributed by atoms with van der Waals surface area (Å²) < 4.78 is 1.83. The Labute approximate surface area is 169 Å². The first kappa shape index (κ1) is 20.0. The summed E-state index contributed by atoms with van der Waals surface area (Å²) in [5, 5.41) is 7.43. The van der Waals surface area contributed by atoms with Gasteiger partial charge in [-0.15, -0.1) is 0 Å². The summed E-state index contributed by atoms with van der Waals surface area (Å²) in [7, 11) is 1.85. The van der Waals surface area contributed by atoms with Gasteiger partial charge in [0.1, 0.15) is 5.69 Å². The number of carbonyl (C=O) groups excluding carboxylic acids is 2. The maximum absolute atomic E-state index is 12.6. The van der Waals surface area contributed by atoms with Crippen molar-refractivity contribution in [1.82, 2.24) is 9.88 Å². The molecule has 2 amide bonds. The maximum atomic E-state index is 12.6. The van der Waals surface area contributed by atoms with Crippen LogP contribution in [0.5, 0.6) is 0 Å². The van der Waals surface area contributed by atoms with Crippen molar-refractivity contribution >= 4 is 40.0 Å². The Kier molecular flexibility index (Phi) is 5.47. The van der Waals surface area contributed by atoms with Crippen molar-refractivity contribution in [2.24, 2.45) is 12.5 Å². The van der Waals surface area contributed by atoms with Crippen LogP contribution in [0.25, 0.3) is 10.9 Å². The van der Waals surface area contributed by atoms with Crippen LogP contribution in [-0.4, -0.2) is 16.4 Å². The van der Waals surface area contributed by atoms with E-state index in [1.54, 1.807) is 0 Å². The van der Waals surface area contributed by atoms with Gasteiger partial charge in [-0.25, -0.2) is 0 Å². The van der Waals surface area contributed by atoms with Gasteiger partial charge in [0.2, 0.25) is 5.91 Å². The first-order valence-corrected chi connectivity index (χ1v) is 9.46. The predicted molar refractivity (Wildman–Crippen MR) is 114 cm³/mol. The van der Waals surface area contributed by atoms with Crippen molar-refractivity contribution in [1.29, 1.82) is 0 Å². The van der Waals surface area contributed by atoms with Crippen molar-refractivity contribution in [3.05, 3.63) is 64.8 Å². The number of aryl methyl sites for hydroxylation is 1. The van der Waals surface area contributed by atoms with E-state index in [0.717, 1.165) is 22.2 Å². The second-order valence-electron chi connectivity index (χ2n) is 7.88. The number of halogens is 1. The molecule has 0 saturated carbocycles. The number of nitrogens with zero attached hydrogens (tertiary/aromatic N) is 1. The summed E-state index contributed by atoms with van der Waals surface area (Å²) in [5.41, 5.74) is 2.72.